The zero-order valence-electron chi connectivity index (χ0n) is 18.5. The average Bonchev–Trinajstić information content (AvgIpc) is 3.12. The van der Waals surface area contributed by atoms with E-state index in [4.69, 9.17) is 23.7 Å². The van der Waals surface area contributed by atoms with E-state index in [0.29, 0.717) is 19.6 Å². The van der Waals surface area contributed by atoms with E-state index in [1.54, 1.807) is 25.7 Å². The van der Waals surface area contributed by atoms with Crippen LogP contribution in [-0.2, 0) is 18.9 Å². The van der Waals surface area contributed by atoms with Gasteiger partial charge in [0.2, 0.25) is 0 Å². The SMILES string of the molecule is CCN(C(=O)OC(C)(C)C)[C@H]1CO[C@@H]2OCC[C@H](OC(=O)Oc3ccc([N+](=O)[O-])cc3)[C@@H]21. The lowest BCUT2D eigenvalue weighted by Crippen LogP contribution is -2.53. The first-order valence-electron chi connectivity index (χ1n) is 10.4. The van der Waals surface area contributed by atoms with Crippen LogP contribution in [0.15, 0.2) is 24.3 Å². The third-order valence-electron chi connectivity index (χ3n) is 5.17. The first-order chi connectivity index (χ1) is 15.1. The highest BCUT2D eigenvalue weighted by Gasteiger charge is 2.51. The van der Waals surface area contributed by atoms with Gasteiger partial charge >= 0.3 is 12.2 Å². The van der Waals surface area contributed by atoms with Crippen LogP contribution in [0.2, 0.25) is 0 Å². The van der Waals surface area contributed by atoms with E-state index < -0.39 is 47.1 Å². The standard InChI is InChI=1S/C21H28N2O9/c1-5-22(19(24)32-21(2,3)4)15-12-29-18-17(15)16(10-11-28-18)31-20(25)30-14-8-6-13(7-9-14)23(26)27/h6-9,15-18H,5,10-12H2,1-4H3/t15-,16-,17-,18-/m0/s1. The van der Waals surface area contributed by atoms with Gasteiger partial charge in [0.1, 0.15) is 17.5 Å². The summed E-state index contributed by atoms with van der Waals surface area (Å²) in [6.45, 7) is 8.12. The molecule has 2 aliphatic heterocycles. The van der Waals surface area contributed by atoms with Gasteiger partial charge < -0.3 is 28.6 Å². The molecular formula is C21H28N2O9. The third-order valence-corrected chi connectivity index (χ3v) is 5.17. The molecule has 0 N–H and O–H groups in total. The van der Waals surface area contributed by atoms with Crippen molar-refractivity contribution in [3.8, 4) is 5.75 Å². The lowest BCUT2D eigenvalue weighted by Gasteiger charge is -2.38. The first kappa shape index (κ1) is 23.7. The van der Waals surface area contributed by atoms with Gasteiger partial charge in [0.05, 0.1) is 30.1 Å². The molecule has 4 atom stereocenters. The maximum atomic E-state index is 12.7. The van der Waals surface area contributed by atoms with E-state index in [9.17, 15) is 19.7 Å². The number of nitrogens with zero attached hydrogens (tertiary/aromatic N) is 2. The largest absolute Gasteiger partial charge is 0.514 e. The van der Waals surface area contributed by atoms with Crippen molar-refractivity contribution in [1.29, 1.82) is 0 Å². The number of rotatable bonds is 5. The molecule has 3 rings (SSSR count). The normalized spacial score (nSPS) is 24.9. The zero-order chi connectivity index (χ0) is 23.5. The number of non-ortho nitro benzene ring substituents is 1. The van der Waals surface area contributed by atoms with Gasteiger partial charge in [-0.2, -0.15) is 0 Å². The van der Waals surface area contributed by atoms with Crippen LogP contribution in [0.4, 0.5) is 15.3 Å². The number of likely N-dealkylation sites (N-methyl/N-ethyl adjacent to an activating group) is 1. The quantitative estimate of drug-likeness (QED) is 0.285. The molecule has 1 aromatic rings. The number of hydrogen-bond acceptors (Lipinski definition) is 9. The molecule has 1 aromatic carbocycles. The number of nitro benzene ring substituents is 1. The fourth-order valence-electron chi connectivity index (χ4n) is 3.81. The van der Waals surface area contributed by atoms with Gasteiger partial charge in [-0.15, -0.1) is 0 Å². The number of carbonyl (C=O) groups excluding carboxylic acids is 2. The number of ether oxygens (including phenoxy) is 5. The van der Waals surface area contributed by atoms with Crippen LogP contribution in [0, 0.1) is 16.0 Å². The summed E-state index contributed by atoms with van der Waals surface area (Å²) in [4.78, 5) is 36.9. The van der Waals surface area contributed by atoms with E-state index in [0.717, 1.165) is 0 Å². The summed E-state index contributed by atoms with van der Waals surface area (Å²) in [7, 11) is 0. The van der Waals surface area contributed by atoms with E-state index in [1.165, 1.54) is 24.3 Å². The van der Waals surface area contributed by atoms with Gasteiger partial charge in [0.15, 0.2) is 6.29 Å². The van der Waals surface area contributed by atoms with Crippen LogP contribution in [0.5, 0.6) is 5.75 Å². The van der Waals surface area contributed by atoms with E-state index in [2.05, 4.69) is 0 Å². The van der Waals surface area contributed by atoms with Gasteiger partial charge in [-0.25, -0.2) is 9.59 Å². The molecule has 2 saturated heterocycles. The Hall–Kier alpha value is -2.92. The van der Waals surface area contributed by atoms with Crippen molar-refractivity contribution in [2.45, 2.75) is 58.2 Å². The summed E-state index contributed by atoms with van der Waals surface area (Å²) in [5.41, 5.74) is -0.776. The molecule has 2 aliphatic rings. The molecule has 1 amide bonds. The second-order valence-corrected chi connectivity index (χ2v) is 8.53. The minimum absolute atomic E-state index is 0.118. The molecule has 0 radical (unpaired) electrons. The van der Waals surface area contributed by atoms with Gasteiger partial charge in [-0.1, -0.05) is 0 Å². The van der Waals surface area contributed by atoms with Crippen LogP contribution in [0.1, 0.15) is 34.1 Å². The van der Waals surface area contributed by atoms with Crippen molar-refractivity contribution in [1.82, 2.24) is 4.90 Å². The van der Waals surface area contributed by atoms with Gasteiger partial charge in [0.25, 0.3) is 5.69 Å². The molecular weight excluding hydrogens is 424 g/mol. The van der Waals surface area contributed by atoms with Gasteiger partial charge in [-0.05, 0) is 39.8 Å². The Balaban J connectivity index is 1.68. The summed E-state index contributed by atoms with van der Waals surface area (Å²) in [5, 5.41) is 10.8. The Morgan fingerprint density at radius 3 is 2.50 bits per heavy atom. The van der Waals surface area contributed by atoms with Crippen LogP contribution >= 0.6 is 0 Å². The molecule has 0 saturated carbocycles. The van der Waals surface area contributed by atoms with E-state index in [-0.39, 0.29) is 18.0 Å². The van der Waals surface area contributed by atoms with Crippen molar-refractivity contribution in [2.75, 3.05) is 19.8 Å². The van der Waals surface area contributed by atoms with Crippen molar-refractivity contribution in [3.05, 3.63) is 34.4 Å². The third kappa shape index (κ3) is 5.65. The summed E-state index contributed by atoms with van der Waals surface area (Å²) in [6, 6.07) is 4.68. The Morgan fingerprint density at radius 2 is 1.91 bits per heavy atom. The van der Waals surface area contributed by atoms with Gasteiger partial charge in [-0.3, -0.25) is 10.1 Å². The molecule has 2 fully saturated rings. The van der Waals surface area contributed by atoms with Crippen LogP contribution < -0.4 is 4.74 Å². The Bertz CT molecular complexity index is 837. The second-order valence-electron chi connectivity index (χ2n) is 8.53. The lowest BCUT2D eigenvalue weighted by atomic mass is 9.90. The Morgan fingerprint density at radius 1 is 1.22 bits per heavy atom. The number of nitro groups is 1. The van der Waals surface area contributed by atoms with Crippen molar-refractivity contribution >= 4 is 17.9 Å². The lowest BCUT2D eigenvalue weighted by molar-refractivity contribution is -0.384. The average molecular weight is 452 g/mol. The smallest absolute Gasteiger partial charge is 0.444 e. The van der Waals surface area contributed by atoms with Gasteiger partial charge in [0, 0.05) is 25.1 Å². The minimum Gasteiger partial charge on any atom is -0.444 e. The number of fused-ring (bicyclic) bond motifs is 1. The topological polar surface area (TPSA) is 127 Å². The highest BCUT2D eigenvalue weighted by Crippen LogP contribution is 2.36. The van der Waals surface area contributed by atoms with Crippen LogP contribution in [0.25, 0.3) is 0 Å². The van der Waals surface area contributed by atoms with Crippen LogP contribution in [0.3, 0.4) is 0 Å². The van der Waals surface area contributed by atoms with Crippen LogP contribution in [-0.4, -0.2) is 65.9 Å². The predicted octanol–water partition coefficient (Wildman–Crippen LogP) is 3.50. The molecule has 11 heteroatoms. The number of hydrogen-bond donors (Lipinski definition) is 0. The molecule has 11 nitrogen and oxygen atoms in total. The molecule has 0 bridgehead atoms. The molecule has 176 valence electrons. The fraction of sp³-hybridized carbons (Fsp3) is 0.619. The second kappa shape index (κ2) is 9.70. The molecule has 0 spiro atoms. The monoisotopic (exact) mass is 452 g/mol. The van der Waals surface area contributed by atoms with E-state index in [1.807, 2.05) is 6.92 Å². The highest BCUT2D eigenvalue weighted by atomic mass is 16.7. The van der Waals surface area contributed by atoms with Crippen molar-refractivity contribution < 1.29 is 38.2 Å². The van der Waals surface area contributed by atoms with E-state index >= 15 is 0 Å². The fourth-order valence-corrected chi connectivity index (χ4v) is 3.81. The highest BCUT2D eigenvalue weighted by molar-refractivity contribution is 5.69. The molecule has 32 heavy (non-hydrogen) atoms. The molecule has 0 aromatic heterocycles. The summed E-state index contributed by atoms with van der Waals surface area (Å²) in [5.74, 6) is -0.298. The number of carbonyl (C=O) groups is 2. The predicted molar refractivity (Wildman–Crippen MR) is 110 cm³/mol. The molecule has 0 unspecified atom stereocenters. The summed E-state index contributed by atoms with van der Waals surface area (Å²) < 4.78 is 27.6. The Labute approximate surface area is 185 Å². The Kier molecular flexibility index (Phi) is 7.19. The maximum Gasteiger partial charge on any atom is 0.514 e. The first-order valence-corrected chi connectivity index (χ1v) is 10.4. The van der Waals surface area contributed by atoms with Crippen molar-refractivity contribution in [2.24, 2.45) is 5.92 Å². The zero-order valence-corrected chi connectivity index (χ0v) is 18.5. The summed E-state index contributed by atoms with van der Waals surface area (Å²) >= 11 is 0. The van der Waals surface area contributed by atoms with Crippen molar-refractivity contribution in [3.63, 3.8) is 0 Å². The minimum atomic E-state index is -0.949. The molecule has 2 heterocycles. The summed E-state index contributed by atoms with van der Waals surface area (Å²) in [6.07, 6.45) is -2.25. The maximum absolute atomic E-state index is 12.7. The molecule has 0 aliphatic carbocycles. The number of benzene rings is 1. The number of amides is 1.